The van der Waals surface area contributed by atoms with Crippen LogP contribution in [0, 0.1) is 11.3 Å². The van der Waals surface area contributed by atoms with Crippen LogP contribution in [0.4, 0.5) is 5.69 Å². The molecule has 1 aromatic heterocycles. The van der Waals surface area contributed by atoms with E-state index in [4.69, 9.17) is 19.5 Å². The fraction of sp³-hybridized carbons (Fsp3) is 0.227. The molecule has 152 valence electrons. The van der Waals surface area contributed by atoms with Crippen LogP contribution in [-0.4, -0.2) is 43.2 Å². The van der Waals surface area contributed by atoms with Gasteiger partial charge in [-0.25, -0.2) is 4.79 Å². The fourth-order valence-corrected chi connectivity index (χ4v) is 3.28. The van der Waals surface area contributed by atoms with E-state index in [1.54, 1.807) is 30.5 Å². The number of aromatic nitrogens is 1. The molecule has 0 atom stereocenters. The quantitative estimate of drug-likeness (QED) is 0.632. The van der Waals surface area contributed by atoms with Gasteiger partial charge < -0.3 is 24.1 Å². The molecule has 2 aromatic carbocycles. The third kappa shape index (κ3) is 3.91. The molecule has 3 aromatic rings. The van der Waals surface area contributed by atoms with Gasteiger partial charge in [0.05, 0.1) is 18.1 Å². The molecule has 1 N–H and O–H groups in total. The number of anilines is 1. The van der Waals surface area contributed by atoms with Crippen molar-refractivity contribution in [2.75, 3.05) is 31.3 Å². The summed E-state index contributed by atoms with van der Waals surface area (Å²) in [5.74, 6) is 0.103. The summed E-state index contributed by atoms with van der Waals surface area (Å²) in [6.07, 6.45) is 1.70. The first-order chi connectivity index (χ1) is 14.7. The fourth-order valence-electron chi connectivity index (χ4n) is 3.28. The number of rotatable bonds is 6. The van der Waals surface area contributed by atoms with Crippen LogP contribution in [-0.2, 0) is 9.53 Å². The zero-order valence-corrected chi connectivity index (χ0v) is 16.1. The molecular formula is C22H19N3O5. The number of carbonyl (C=O) groups is 2. The molecule has 2 heterocycles. The number of carbonyl (C=O) groups excluding carboxylic acids is 2. The van der Waals surface area contributed by atoms with Crippen molar-refractivity contribution in [1.29, 1.82) is 5.26 Å². The molecule has 4 rings (SSSR count). The number of nitrogens with one attached hydrogen (secondary N) is 1. The summed E-state index contributed by atoms with van der Waals surface area (Å²) in [5, 5.41) is 9.68. The van der Waals surface area contributed by atoms with E-state index in [-0.39, 0.29) is 13.0 Å². The van der Waals surface area contributed by atoms with Crippen LogP contribution in [0.5, 0.6) is 11.5 Å². The number of para-hydroxylation sites is 1. The van der Waals surface area contributed by atoms with Crippen molar-refractivity contribution in [3.05, 3.63) is 54.2 Å². The highest BCUT2D eigenvalue weighted by Crippen LogP contribution is 2.34. The van der Waals surface area contributed by atoms with E-state index in [0.717, 1.165) is 10.9 Å². The van der Waals surface area contributed by atoms with E-state index in [9.17, 15) is 9.59 Å². The lowest BCUT2D eigenvalue weighted by molar-refractivity contribution is -0.121. The normalized spacial score (nSPS) is 12.2. The van der Waals surface area contributed by atoms with E-state index in [1.807, 2.05) is 24.3 Å². The average Bonchev–Trinajstić information content (AvgIpc) is 3.22. The van der Waals surface area contributed by atoms with E-state index >= 15 is 0 Å². The molecular weight excluding hydrogens is 386 g/mol. The number of amides is 1. The van der Waals surface area contributed by atoms with Crippen molar-refractivity contribution in [1.82, 2.24) is 4.98 Å². The molecule has 1 aliphatic rings. The largest absolute Gasteiger partial charge is 0.486 e. The Kier molecular flexibility index (Phi) is 5.52. The zero-order chi connectivity index (χ0) is 20.9. The topological polar surface area (TPSA) is 105 Å². The van der Waals surface area contributed by atoms with Gasteiger partial charge >= 0.3 is 5.97 Å². The number of hydrogen-bond acceptors (Lipinski definition) is 6. The Hall–Kier alpha value is -3.99. The maximum atomic E-state index is 12.8. The third-order valence-corrected chi connectivity index (χ3v) is 4.72. The highest BCUT2D eigenvalue weighted by atomic mass is 16.6. The van der Waals surface area contributed by atoms with Crippen molar-refractivity contribution in [3.63, 3.8) is 0 Å². The first-order valence-corrected chi connectivity index (χ1v) is 9.47. The summed E-state index contributed by atoms with van der Waals surface area (Å²) in [6, 6.07) is 14.5. The van der Waals surface area contributed by atoms with Crippen LogP contribution in [0.15, 0.2) is 48.7 Å². The van der Waals surface area contributed by atoms with Crippen LogP contribution in [0.25, 0.3) is 10.9 Å². The van der Waals surface area contributed by atoms with Gasteiger partial charge in [-0.2, -0.15) is 5.26 Å². The summed E-state index contributed by atoms with van der Waals surface area (Å²) in [6.45, 7) is 0.607. The second kappa shape index (κ2) is 8.57. The Morgan fingerprint density at radius 3 is 2.77 bits per heavy atom. The van der Waals surface area contributed by atoms with Crippen molar-refractivity contribution in [2.45, 2.75) is 6.42 Å². The molecule has 0 bridgehead atoms. The Morgan fingerprint density at radius 2 is 1.93 bits per heavy atom. The van der Waals surface area contributed by atoms with Gasteiger partial charge in [-0.1, -0.05) is 18.2 Å². The monoisotopic (exact) mass is 405 g/mol. The summed E-state index contributed by atoms with van der Waals surface area (Å²) in [7, 11) is 0. The molecule has 30 heavy (non-hydrogen) atoms. The third-order valence-electron chi connectivity index (χ3n) is 4.72. The van der Waals surface area contributed by atoms with E-state index < -0.39 is 18.5 Å². The molecule has 0 aliphatic carbocycles. The number of ether oxygens (including phenoxy) is 3. The van der Waals surface area contributed by atoms with Crippen molar-refractivity contribution in [3.8, 4) is 17.6 Å². The molecule has 0 saturated carbocycles. The number of nitrogens with zero attached hydrogens (tertiary/aromatic N) is 2. The van der Waals surface area contributed by atoms with Gasteiger partial charge in [-0.05, 0) is 18.2 Å². The Morgan fingerprint density at radius 1 is 1.13 bits per heavy atom. The minimum atomic E-state index is -0.594. The SMILES string of the molecule is N#CCCN(C(=O)COC(=O)c1c[nH]c2ccccc12)c1ccc2c(c1)OCCO2. The van der Waals surface area contributed by atoms with Crippen molar-refractivity contribution >= 4 is 28.5 Å². The predicted molar refractivity (Wildman–Crippen MR) is 109 cm³/mol. The first-order valence-electron chi connectivity index (χ1n) is 9.47. The maximum absolute atomic E-state index is 12.8. The first kappa shape index (κ1) is 19.3. The van der Waals surface area contributed by atoms with Crippen LogP contribution in [0.3, 0.4) is 0 Å². The van der Waals surface area contributed by atoms with Gasteiger partial charge in [0.15, 0.2) is 18.1 Å². The smallest absolute Gasteiger partial charge is 0.340 e. The molecule has 0 fully saturated rings. The Bertz CT molecular complexity index is 1130. The summed E-state index contributed by atoms with van der Waals surface area (Å²) >= 11 is 0. The minimum absolute atomic E-state index is 0.135. The molecule has 1 aliphatic heterocycles. The maximum Gasteiger partial charge on any atom is 0.340 e. The minimum Gasteiger partial charge on any atom is -0.486 e. The second-order valence-corrected chi connectivity index (χ2v) is 6.61. The van der Waals surface area contributed by atoms with E-state index in [1.165, 1.54) is 4.90 Å². The number of hydrogen-bond donors (Lipinski definition) is 1. The van der Waals surface area contributed by atoms with Gasteiger partial charge in [-0.15, -0.1) is 0 Å². The van der Waals surface area contributed by atoms with Crippen molar-refractivity contribution in [2.24, 2.45) is 0 Å². The van der Waals surface area contributed by atoms with Gasteiger partial charge in [0, 0.05) is 35.4 Å². The highest BCUT2D eigenvalue weighted by Gasteiger charge is 2.22. The predicted octanol–water partition coefficient (Wildman–Crippen LogP) is 3.04. The molecule has 8 nitrogen and oxygen atoms in total. The van der Waals surface area contributed by atoms with Crippen LogP contribution in [0.2, 0.25) is 0 Å². The molecule has 0 unspecified atom stereocenters. The van der Waals surface area contributed by atoms with Gasteiger partial charge in [0.1, 0.15) is 13.2 Å². The van der Waals surface area contributed by atoms with Crippen molar-refractivity contribution < 1.29 is 23.8 Å². The number of aromatic amines is 1. The summed E-state index contributed by atoms with van der Waals surface area (Å²) in [4.78, 5) is 29.7. The number of fused-ring (bicyclic) bond motifs is 2. The Labute approximate surface area is 172 Å². The number of esters is 1. The Balaban J connectivity index is 1.48. The molecule has 0 spiro atoms. The number of H-pyrrole nitrogens is 1. The molecule has 1 amide bonds. The van der Waals surface area contributed by atoms with Gasteiger partial charge in [0.25, 0.3) is 5.91 Å². The molecule has 8 heteroatoms. The lowest BCUT2D eigenvalue weighted by atomic mass is 10.2. The number of nitriles is 1. The second-order valence-electron chi connectivity index (χ2n) is 6.61. The highest BCUT2D eigenvalue weighted by molar-refractivity contribution is 6.05. The molecule has 0 saturated heterocycles. The molecule has 0 radical (unpaired) electrons. The standard InChI is InChI=1S/C22H19N3O5/c23-8-3-9-25(15-6-7-19-20(12-15)29-11-10-28-19)21(26)14-30-22(27)17-13-24-18-5-2-1-4-16(17)18/h1-2,4-7,12-13,24H,3,9-11,14H2. The number of benzene rings is 2. The van der Waals surface area contributed by atoms with Gasteiger partial charge in [-0.3, -0.25) is 4.79 Å². The van der Waals surface area contributed by atoms with Gasteiger partial charge in [0.2, 0.25) is 0 Å². The zero-order valence-electron chi connectivity index (χ0n) is 16.1. The van der Waals surface area contributed by atoms with E-state index in [0.29, 0.717) is 36.0 Å². The van der Waals surface area contributed by atoms with Crippen LogP contribution < -0.4 is 14.4 Å². The van der Waals surface area contributed by atoms with Crippen LogP contribution >= 0.6 is 0 Å². The summed E-state index contributed by atoms with van der Waals surface area (Å²) in [5.41, 5.74) is 1.71. The lowest BCUT2D eigenvalue weighted by Crippen LogP contribution is -2.35. The summed E-state index contributed by atoms with van der Waals surface area (Å²) < 4.78 is 16.3. The average molecular weight is 405 g/mol. The van der Waals surface area contributed by atoms with Crippen LogP contribution in [0.1, 0.15) is 16.8 Å². The lowest BCUT2D eigenvalue weighted by Gasteiger charge is -2.24. The van der Waals surface area contributed by atoms with E-state index in [2.05, 4.69) is 4.98 Å².